The Hall–Kier alpha value is -1.07. The summed E-state index contributed by atoms with van der Waals surface area (Å²) in [6, 6.07) is 0. The molecule has 0 unspecified atom stereocenters. The standard InChI is InChI=1S/3C2H4O2.Mn/c3*1-2(3)4;/h3*1H3,(H,3,4);. The number of aliphatic carboxylic acids is 3. The van der Waals surface area contributed by atoms with Crippen LogP contribution in [0.1, 0.15) is 20.8 Å². The first-order chi connectivity index (χ1) is 5.20. The summed E-state index contributed by atoms with van der Waals surface area (Å²) >= 11 is 0. The summed E-state index contributed by atoms with van der Waals surface area (Å²) < 4.78 is 0. The van der Waals surface area contributed by atoms with E-state index in [4.69, 9.17) is 29.7 Å². The molecule has 0 aromatic carbocycles. The van der Waals surface area contributed by atoms with Gasteiger partial charge in [0.25, 0.3) is 17.9 Å². The van der Waals surface area contributed by atoms with Crippen molar-refractivity contribution in [1.82, 2.24) is 0 Å². The van der Waals surface area contributed by atoms with Crippen LogP contribution in [-0.2, 0) is 31.5 Å². The van der Waals surface area contributed by atoms with Gasteiger partial charge in [0.2, 0.25) is 0 Å². The van der Waals surface area contributed by atoms with Gasteiger partial charge in [-0.15, -0.1) is 0 Å². The van der Waals surface area contributed by atoms with Crippen LogP contribution in [0.5, 0.6) is 0 Å². The van der Waals surface area contributed by atoms with E-state index in [1.807, 2.05) is 0 Å². The van der Waals surface area contributed by atoms with E-state index in [2.05, 4.69) is 0 Å². The molecule has 0 rings (SSSR count). The SMILES string of the molecule is CC(=O)O.CC(=O)O.CC(=O)O.[Mn]. The largest absolute Gasteiger partial charge is 0.481 e. The predicted molar refractivity (Wildman–Crippen MR) is 39.9 cm³/mol. The van der Waals surface area contributed by atoms with Gasteiger partial charge in [-0.2, -0.15) is 0 Å². The van der Waals surface area contributed by atoms with Crippen LogP contribution in [0.2, 0.25) is 0 Å². The van der Waals surface area contributed by atoms with Crippen LogP contribution in [0.25, 0.3) is 0 Å². The molecule has 6 nitrogen and oxygen atoms in total. The van der Waals surface area contributed by atoms with Gasteiger partial charge in [0.15, 0.2) is 0 Å². The molecule has 3 N–H and O–H groups in total. The minimum absolute atomic E-state index is 0. The van der Waals surface area contributed by atoms with Gasteiger partial charge in [0.05, 0.1) is 0 Å². The number of rotatable bonds is 0. The normalized spacial score (nSPS) is 5.77. The fraction of sp³-hybridized carbons (Fsp3) is 0.500. The molecule has 0 aliphatic rings. The van der Waals surface area contributed by atoms with Gasteiger partial charge in [-0.3, -0.25) is 14.4 Å². The molecule has 7 heteroatoms. The van der Waals surface area contributed by atoms with Gasteiger partial charge in [-0.1, -0.05) is 0 Å². The number of carboxylic acids is 3. The van der Waals surface area contributed by atoms with Crippen LogP contribution >= 0.6 is 0 Å². The quantitative estimate of drug-likeness (QED) is 0.519. The van der Waals surface area contributed by atoms with E-state index in [0.717, 1.165) is 20.8 Å². The maximum atomic E-state index is 9.00. The zero-order valence-electron chi connectivity index (χ0n) is 7.44. The molecule has 0 amide bonds. The van der Waals surface area contributed by atoms with Crippen molar-refractivity contribution in [2.45, 2.75) is 20.8 Å². The van der Waals surface area contributed by atoms with Crippen molar-refractivity contribution >= 4 is 17.9 Å². The maximum absolute atomic E-state index is 9.00. The van der Waals surface area contributed by atoms with E-state index < -0.39 is 17.9 Å². The molecular weight excluding hydrogens is 223 g/mol. The first kappa shape index (κ1) is 22.7. The zero-order chi connectivity index (χ0) is 10.7. The molecule has 0 bridgehead atoms. The smallest absolute Gasteiger partial charge is 0.300 e. The molecule has 0 aliphatic heterocycles. The summed E-state index contributed by atoms with van der Waals surface area (Å²) in [5, 5.41) is 22.2. The second-order valence-corrected chi connectivity index (χ2v) is 1.56. The minimum Gasteiger partial charge on any atom is -0.481 e. The van der Waals surface area contributed by atoms with Gasteiger partial charge in [0.1, 0.15) is 0 Å². The van der Waals surface area contributed by atoms with Crippen LogP contribution in [-0.4, -0.2) is 33.2 Å². The third-order valence-electron chi connectivity index (χ3n) is 0. The van der Waals surface area contributed by atoms with E-state index in [9.17, 15) is 0 Å². The predicted octanol–water partition coefficient (Wildman–Crippen LogP) is 0.270. The summed E-state index contributed by atoms with van der Waals surface area (Å²) in [7, 11) is 0. The molecule has 0 aromatic rings. The Labute approximate surface area is 86.0 Å². The van der Waals surface area contributed by atoms with Crippen molar-refractivity contribution in [3.05, 3.63) is 0 Å². The van der Waals surface area contributed by atoms with Crippen LogP contribution < -0.4 is 0 Å². The second kappa shape index (κ2) is 17.1. The van der Waals surface area contributed by atoms with Crippen molar-refractivity contribution in [3.8, 4) is 0 Å². The summed E-state index contributed by atoms with van der Waals surface area (Å²) in [5.74, 6) is -2.50. The molecule has 13 heavy (non-hydrogen) atoms. The molecule has 0 heterocycles. The summed E-state index contributed by atoms with van der Waals surface area (Å²) in [4.78, 5) is 27.0. The van der Waals surface area contributed by atoms with Gasteiger partial charge >= 0.3 is 0 Å². The molecule has 0 atom stereocenters. The Morgan fingerprint density at radius 3 is 0.692 bits per heavy atom. The van der Waals surface area contributed by atoms with Crippen molar-refractivity contribution in [3.63, 3.8) is 0 Å². The minimum atomic E-state index is -0.833. The van der Waals surface area contributed by atoms with E-state index in [1.165, 1.54) is 0 Å². The van der Waals surface area contributed by atoms with E-state index in [-0.39, 0.29) is 17.1 Å². The first-order valence-corrected chi connectivity index (χ1v) is 2.78. The molecule has 0 fully saturated rings. The molecule has 0 spiro atoms. The number of hydrogen-bond donors (Lipinski definition) is 3. The van der Waals surface area contributed by atoms with Crippen LogP contribution in [0, 0.1) is 0 Å². The number of carbonyl (C=O) groups is 3. The average molecular weight is 235 g/mol. The third kappa shape index (κ3) is 760. The molecule has 0 saturated heterocycles. The number of carboxylic acid groups (broad SMARTS) is 3. The van der Waals surface area contributed by atoms with Gasteiger partial charge in [-0.05, 0) is 0 Å². The Bertz CT molecular complexity index is 115. The molecule has 0 aromatic heterocycles. The number of hydrogen-bond acceptors (Lipinski definition) is 3. The van der Waals surface area contributed by atoms with Crippen LogP contribution in [0.3, 0.4) is 0 Å². The molecule has 79 valence electrons. The topological polar surface area (TPSA) is 112 Å². The Morgan fingerprint density at radius 1 is 0.692 bits per heavy atom. The monoisotopic (exact) mass is 235 g/mol. The Kier molecular flexibility index (Phi) is 29.9. The van der Waals surface area contributed by atoms with Gasteiger partial charge in [0, 0.05) is 37.8 Å². The average Bonchev–Trinajstić information content (AvgIpc) is 1.54. The Balaban J connectivity index is -0.0000000450. The summed E-state index contributed by atoms with van der Waals surface area (Å²) in [5.41, 5.74) is 0. The van der Waals surface area contributed by atoms with Crippen molar-refractivity contribution in [2.24, 2.45) is 0 Å². The van der Waals surface area contributed by atoms with Gasteiger partial charge in [-0.25, -0.2) is 0 Å². The van der Waals surface area contributed by atoms with E-state index in [0.29, 0.717) is 0 Å². The van der Waals surface area contributed by atoms with Crippen molar-refractivity contribution in [1.29, 1.82) is 0 Å². The van der Waals surface area contributed by atoms with E-state index >= 15 is 0 Å². The second-order valence-electron chi connectivity index (χ2n) is 1.56. The first-order valence-electron chi connectivity index (χ1n) is 2.78. The van der Waals surface area contributed by atoms with Crippen LogP contribution in [0.4, 0.5) is 0 Å². The molecule has 0 aliphatic carbocycles. The maximum Gasteiger partial charge on any atom is 0.300 e. The van der Waals surface area contributed by atoms with Crippen molar-refractivity contribution < 1.29 is 46.8 Å². The van der Waals surface area contributed by atoms with Crippen LogP contribution in [0.15, 0.2) is 0 Å². The fourth-order valence-electron chi connectivity index (χ4n) is 0. The third-order valence-corrected chi connectivity index (χ3v) is 0. The van der Waals surface area contributed by atoms with E-state index in [1.54, 1.807) is 0 Å². The van der Waals surface area contributed by atoms with Crippen molar-refractivity contribution in [2.75, 3.05) is 0 Å². The fourth-order valence-corrected chi connectivity index (χ4v) is 0. The summed E-state index contributed by atoms with van der Waals surface area (Å²) in [6.45, 7) is 3.25. The van der Waals surface area contributed by atoms with Gasteiger partial charge < -0.3 is 15.3 Å². The Morgan fingerprint density at radius 2 is 0.692 bits per heavy atom. The molecular formula is C6H12MnO6. The molecule has 1 radical (unpaired) electrons. The summed E-state index contributed by atoms with van der Waals surface area (Å²) in [6.07, 6.45) is 0. The molecule has 0 saturated carbocycles. The zero-order valence-corrected chi connectivity index (χ0v) is 8.62.